The minimum Gasteiger partial charge on any atom is -0.310 e. The summed E-state index contributed by atoms with van der Waals surface area (Å²) in [6.07, 6.45) is 11.4. The topological polar surface area (TPSA) is 12.0 Å². The van der Waals surface area contributed by atoms with Gasteiger partial charge in [0.25, 0.3) is 0 Å². The zero-order chi connectivity index (χ0) is 13.8. The first-order valence-corrected chi connectivity index (χ1v) is 8.70. The zero-order valence-electron chi connectivity index (χ0n) is 12.9. The summed E-state index contributed by atoms with van der Waals surface area (Å²) in [5, 5.41) is 3.77. The molecule has 1 unspecified atom stereocenters. The summed E-state index contributed by atoms with van der Waals surface area (Å²) in [7, 11) is 0. The maximum absolute atomic E-state index is 3.77. The molecule has 0 spiro atoms. The normalized spacial score (nSPS) is 21.9. The van der Waals surface area contributed by atoms with Crippen LogP contribution in [0.15, 0.2) is 24.3 Å². The van der Waals surface area contributed by atoms with Crippen LogP contribution in [0, 0.1) is 5.92 Å². The molecule has 0 aliphatic heterocycles. The van der Waals surface area contributed by atoms with Crippen LogP contribution < -0.4 is 5.32 Å². The second kappa shape index (κ2) is 6.76. The predicted octanol–water partition coefficient (Wildman–Crippen LogP) is 5.19. The molecule has 0 bridgehead atoms. The fraction of sp³-hybridized carbons (Fsp3) is 0.684. The maximum atomic E-state index is 3.77. The molecular weight excluding hydrogens is 242 g/mol. The van der Waals surface area contributed by atoms with Crippen LogP contribution in [-0.2, 0) is 0 Å². The van der Waals surface area contributed by atoms with E-state index >= 15 is 0 Å². The van der Waals surface area contributed by atoms with Gasteiger partial charge in [-0.2, -0.15) is 0 Å². The van der Waals surface area contributed by atoms with Gasteiger partial charge in [0, 0.05) is 6.04 Å². The van der Waals surface area contributed by atoms with Crippen molar-refractivity contribution in [1.29, 1.82) is 0 Å². The molecule has 1 heteroatoms. The van der Waals surface area contributed by atoms with Crippen LogP contribution in [0.25, 0.3) is 0 Å². The molecule has 0 amide bonds. The van der Waals surface area contributed by atoms with Crippen molar-refractivity contribution in [3.8, 4) is 0 Å². The molecule has 2 aliphatic carbocycles. The molecule has 3 rings (SSSR count). The lowest BCUT2D eigenvalue weighted by molar-refractivity contribution is 0.382. The quantitative estimate of drug-likeness (QED) is 0.751. The van der Waals surface area contributed by atoms with Crippen molar-refractivity contribution in [2.24, 2.45) is 5.92 Å². The highest BCUT2D eigenvalue weighted by Crippen LogP contribution is 2.41. The average Bonchev–Trinajstić information content (AvgIpc) is 2.90. The van der Waals surface area contributed by atoms with Gasteiger partial charge in [-0.15, -0.1) is 0 Å². The van der Waals surface area contributed by atoms with E-state index in [9.17, 15) is 0 Å². The van der Waals surface area contributed by atoms with Crippen LogP contribution in [-0.4, -0.2) is 6.54 Å². The SMILES string of the molecule is CCNC(CC1CCCC1)c1ccccc1C1CCC1. The monoisotopic (exact) mass is 271 g/mol. The van der Waals surface area contributed by atoms with Gasteiger partial charge in [-0.25, -0.2) is 0 Å². The molecule has 20 heavy (non-hydrogen) atoms. The highest BCUT2D eigenvalue weighted by Gasteiger charge is 2.26. The van der Waals surface area contributed by atoms with Crippen LogP contribution in [0.3, 0.4) is 0 Å². The summed E-state index contributed by atoms with van der Waals surface area (Å²) in [5.74, 6) is 1.80. The summed E-state index contributed by atoms with van der Waals surface area (Å²) in [6, 6.07) is 9.82. The lowest BCUT2D eigenvalue weighted by atomic mass is 9.76. The number of rotatable bonds is 6. The Morgan fingerprint density at radius 1 is 1.05 bits per heavy atom. The van der Waals surface area contributed by atoms with Crippen LogP contribution in [0.5, 0.6) is 0 Å². The third kappa shape index (κ3) is 3.09. The molecule has 0 radical (unpaired) electrons. The number of benzene rings is 1. The molecule has 110 valence electrons. The van der Waals surface area contributed by atoms with E-state index in [0.717, 1.165) is 18.4 Å². The van der Waals surface area contributed by atoms with Crippen molar-refractivity contribution in [2.75, 3.05) is 6.54 Å². The molecule has 1 aromatic rings. The van der Waals surface area contributed by atoms with Gasteiger partial charge in [-0.3, -0.25) is 0 Å². The van der Waals surface area contributed by atoms with Gasteiger partial charge in [0.1, 0.15) is 0 Å². The van der Waals surface area contributed by atoms with E-state index in [2.05, 4.69) is 36.5 Å². The van der Waals surface area contributed by atoms with Gasteiger partial charge in [-0.1, -0.05) is 63.3 Å². The molecule has 2 fully saturated rings. The summed E-state index contributed by atoms with van der Waals surface area (Å²) in [5.41, 5.74) is 3.24. The van der Waals surface area contributed by atoms with E-state index in [1.54, 1.807) is 11.1 Å². The molecule has 1 nitrogen and oxygen atoms in total. The molecule has 2 saturated carbocycles. The van der Waals surface area contributed by atoms with E-state index in [4.69, 9.17) is 0 Å². The molecule has 1 N–H and O–H groups in total. The number of nitrogens with one attached hydrogen (secondary N) is 1. The highest BCUT2D eigenvalue weighted by molar-refractivity contribution is 5.34. The summed E-state index contributed by atoms with van der Waals surface area (Å²) in [6.45, 7) is 3.32. The van der Waals surface area contributed by atoms with E-state index in [0.29, 0.717) is 6.04 Å². The van der Waals surface area contributed by atoms with Crippen LogP contribution in [0.2, 0.25) is 0 Å². The number of hydrogen-bond donors (Lipinski definition) is 1. The first-order chi connectivity index (χ1) is 9.88. The largest absolute Gasteiger partial charge is 0.310 e. The molecular formula is C19H29N. The van der Waals surface area contributed by atoms with Crippen molar-refractivity contribution in [2.45, 2.75) is 70.3 Å². The first kappa shape index (κ1) is 14.1. The van der Waals surface area contributed by atoms with Crippen molar-refractivity contribution >= 4 is 0 Å². The van der Waals surface area contributed by atoms with Crippen molar-refractivity contribution in [3.63, 3.8) is 0 Å². The summed E-state index contributed by atoms with van der Waals surface area (Å²) in [4.78, 5) is 0. The second-order valence-corrected chi connectivity index (χ2v) is 6.75. The Morgan fingerprint density at radius 2 is 1.80 bits per heavy atom. The molecule has 0 saturated heterocycles. The smallest absolute Gasteiger partial charge is 0.0325 e. The minimum absolute atomic E-state index is 0.583. The Labute approximate surface area is 124 Å². The van der Waals surface area contributed by atoms with Gasteiger partial charge < -0.3 is 5.32 Å². The van der Waals surface area contributed by atoms with Crippen molar-refractivity contribution < 1.29 is 0 Å². The fourth-order valence-electron chi connectivity index (χ4n) is 4.07. The Kier molecular flexibility index (Phi) is 4.77. The Balaban J connectivity index is 1.78. The van der Waals surface area contributed by atoms with Crippen LogP contribution in [0.1, 0.15) is 81.4 Å². The first-order valence-electron chi connectivity index (χ1n) is 8.70. The van der Waals surface area contributed by atoms with Gasteiger partial charge in [-0.05, 0) is 48.8 Å². The van der Waals surface area contributed by atoms with E-state index in [1.807, 2.05) is 0 Å². The van der Waals surface area contributed by atoms with Crippen LogP contribution >= 0.6 is 0 Å². The Morgan fingerprint density at radius 3 is 2.45 bits per heavy atom. The predicted molar refractivity (Wildman–Crippen MR) is 86.0 cm³/mol. The highest BCUT2D eigenvalue weighted by atomic mass is 14.9. The van der Waals surface area contributed by atoms with Crippen molar-refractivity contribution in [1.82, 2.24) is 5.32 Å². The average molecular weight is 271 g/mol. The third-order valence-corrected chi connectivity index (χ3v) is 5.41. The fourth-order valence-corrected chi connectivity index (χ4v) is 4.07. The molecule has 0 aromatic heterocycles. The minimum atomic E-state index is 0.583. The van der Waals surface area contributed by atoms with Gasteiger partial charge in [0.2, 0.25) is 0 Å². The lowest BCUT2D eigenvalue weighted by Crippen LogP contribution is -2.25. The van der Waals surface area contributed by atoms with E-state index in [-0.39, 0.29) is 0 Å². The number of hydrogen-bond acceptors (Lipinski definition) is 1. The van der Waals surface area contributed by atoms with E-state index < -0.39 is 0 Å². The maximum Gasteiger partial charge on any atom is 0.0325 e. The lowest BCUT2D eigenvalue weighted by Gasteiger charge is -2.31. The van der Waals surface area contributed by atoms with Crippen LogP contribution in [0.4, 0.5) is 0 Å². The Hall–Kier alpha value is -0.820. The molecule has 1 atom stereocenters. The van der Waals surface area contributed by atoms with Crippen molar-refractivity contribution in [3.05, 3.63) is 35.4 Å². The van der Waals surface area contributed by atoms with Gasteiger partial charge in [0.05, 0.1) is 0 Å². The zero-order valence-corrected chi connectivity index (χ0v) is 12.9. The standard InChI is InChI=1S/C19H29N/c1-2-20-19(14-15-8-3-4-9-15)18-13-6-5-12-17(18)16-10-7-11-16/h5-6,12-13,15-16,19-20H,2-4,7-11,14H2,1H3. The summed E-state index contributed by atoms with van der Waals surface area (Å²) < 4.78 is 0. The molecule has 0 heterocycles. The Bertz CT molecular complexity index is 416. The van der Waals surface area contributed by atoms with Gasteiger partial charge in [0.15, 0.2) is 0 Å². The summed E-state index contributed by atoms with van der Waals surface area (Å²) >= 11 is 0. The van der Waals surface area contributed by atoms with Gasteiger partial charge >= 0.3 is 0 Å². The third-order valence-electron chi connectivity index (χ3n) is 5.41. The second-order valence-electron chi connectivity index (χ2n) is 6.75. The molecule has 2 aliphatic rings. The van der Waals surface area contributed by atoms with E-state index in [1.165, 1.54) is 51.4 Å². The molecule has 1 aromatic carbocycles.